The summed E-state index contributed by atoms with van der Waals surface area (Å²) in [6, 6.07) is 5.68. The third-order valence-corrected chi connectivity index (χ3v) is 3.20. The van der Waals surface area contributed by atoms with Gasteiger partial charge in [-0.3, -0.25) is 0 Å². The van der Waals surface area contributed by atoms with Crippen molar-refractivity contribution in [3.8, 4) is 16.9 Å². The molecule has 3 nitrogen and oxygen atoms in total. The van der Waals surface area contributed by atoms with Gasteiger partial charge in [0, 0.05) is 28.4 Å². The molecule has 20 heavy (non-hydrogen) atoms. The van der Waals surface area contributed by atoms with Gasteiger partial charge in [0.25, 0.3) is 0 Å². The summed E-state index contributed by atoms with van der Waals surface area (Å²) in [5, 5.41) is 9.05. The molecule has 2 aromatic carbocycles. The van der Waals surface area contributed by atoms with Gasteiger partial charge in [-0.05, 0) is 30.7 Å². The molecule has 0 aliphatic carbocycles. The van der Waals surface area contributed by atoms with Gasteiger partial charge in [0.2, 0.25) is 0 Å². The maximum absolute atomic E-state index is 14.2. The number of rotatable bonds is 3. The topological polar surface area (TPSA) is 55.5 Å². The Morgan fingerprint density at radius 2 is 1.90 bits per heavy atom. The van der Waals surface area contributed by atoms with Crippen LogP contribution in [-0.4, -0.2) is 12.2 Å². The van der Waals surface area contributed by atoms with Gasteiger partial charge in [-0.15, -0.1) is 0 Å². The van der Waals surface area contributed by atoms with Crippen LogP contribution in [0.25, 0.3) is 11.1 Å². The molecule has 3 N–H and O–H groups in total. The number of halogens is 2. The lowest BCUT2D eigenvalue weighted by molar-refractivity contribution is 0.269. The van der Waals surface area contributed by atoms with Gasteiger partial charge in [0.1, 0.15) is 17.4 Å². The zero-order valence-electron chi connectivity index (χ0n) is 11.2. The van der Waals surface area contributed by atoms with Crippen LogP contribution in [0.15, 0.2) is 24.3 Å². The lowest BCUT2D eigenvalue weighted by Crippen LogP contribution is -2.01. The Kier molecular flexibility index (Phi) is 3.90. The van der Waals surface area contributed by atoms with Crippen molar-refractivity contribution in [3.05, 3.63) is 47.0 Å². The van der Waals surface area contributed by atoms with Crippen molar-refractivity contribution in [2.75, 3.05) is 12.8 Å². The average Bonchev–Trinajstić information content (AvgIpc) is 2.42. The highest BCUT2D eigenvalue weighted by atomic mass is 19.1. The largest absolute Gasteiger partial charge is 0.496 e. The normalized spacial score (nSPS) is 10.7. The molecule has 5 heteroatoms. The van der Waals surface area contributed by atoms with Gasteiger partial charge in [-0.2, -0.15) is 0 Å². The highest BCUT2D eigenvalue weighted by molar-refractivity contribution is 5.79. The van der Waals surface area contributed by atoms with E-state index in [9.17, 15) is 8.78 Å². The first-order chi connectivity index (χ1) is 9.49. The van der Waals surface area contributed by atoms with E-state index in [1.165, 1.54) is 13.2 Å². The summed E-state index contributed by atoms with van der Waals surface area (Å²) in [5.74, 6) is -0.988. The number of methoxy groups -OCH3 is 1. The van der Waals surface area contributed by atoms with Gasteiger partial charge in [-0.25, -0.2) is 8.78 Å². The molecule has 106 valence electrons. The van der Waals surface area contributed by atoms with Crippen LogP contribution >= 0.6 is 0 Å². The Hall–Kier alpha value is -2.14. The zero-order valence-corrected chi connectivity index (χ0v) is 11.2. The molecule has 2 rings (SSSR count). The Morgan fingerprint density at radius 3 is 2.50 bits per heavy atom. The number of nitrogen functional groups attached to an aromatic ring is 1. The minimum Gasteiger partial charge on any atom is -0.496 e. The molecular formula is C15H15F2NO2. The van der Waals surface area contributed by atoms with E-state index >= 15 is 0 Å². The van der Waals surface area contributed by atoms with Crippen molar-refractivity contribution in [1.29, 1.82) is 0 Å². The molecule has 0 saturated heterocycles. The Morgan fingerprint density at radius 1 is 1.20 bits per heavy atom. The van der Waals surface area contributed by atoms with Crippen LogP contribution in [0.1, 0.15) is 11.1 Å². The predicted octanol–water partition coefficient (Wildman–Crippen LogP) is 3.02. The van der Waals surface area contributed by atoms with E-state index in [0.29, 0.717) is 17.0 Å². The number of aliphatic hydroxyl groups is 1. The molecule has 0 bridgehead atoms. The summed E-state index contributed by atoms with van der Waals surface area (Å²) in [4.78, 5) is 0. The van der Waals surface area contributed by atoms with Crippen molar-refractivity contribution >= 4 is 5.69 Å². The molecule has 0 aromatic heterocycles. The van der Waals surface area contributed by atoms with Crippen molar-refractivity contribution in [2.45, 2.75) is 13.5 Å². The Bertz CT molecular complexity index is 657. The molecular weight excluding hydrogens is 264 g/mol. The molecule has 0 saturated carbocycles. The Balaban J connectivity index is 2.66. The fourth-order valence-electron chi connectivity index (χ4n) is 2.11. The van der Waals surface area contributed by atoms with Gasteiger partial charge in [0.15, 0.2) is 0 Å². The summed E-state index contributed by atoms with van der Waals surface area (Å²) < 4.78 is 32.8. The lowest BCUT2D eigenvalue weighted by Gasteiger charge is -2.13. The fourth-order valence-corrected chi connectivity index (χ4v) is 2.11. The first kappa shape index (κ1) is 14.3. The second-order valence-corrected chi connectivity index (χ2v) is 4.45. The molecule has 0 fully saturated rings. The average molecular weight is 279 g/mol. The lowest BCUT2D eigenvalue weighted by atomic mass is 9.98. The molecule has 0 amide bonds. The van der Waals surface area contributed by atoms with Crippen LogP contribution in [0.5, 0.6) is 5.75 Å². The minimum absolute atomic E-state index is 0.152. The van der Waals surface area contributed by atoms with Gasteiger partial charge < -0.3 is 15.6 Å². The second kappa shape index (κ2) is 5.46. The van der Waals surface area contributed by atoms with E-state index in [0.717, 1.165) is 11.6 Å². The van der Waals surface area contributed by atoms with Crippen molar-refractivity contribution in [2.24, 2.45) is 0 Å². The number of nitrogens with two attached hydrogens (primary N) is 1. The fraction of sp³-hybridized carbons (Fsp3) is 0.200. The first-order valence-corrected chi connectivity index (χ1v) is 6.01. The third kappa shape index (κ3) is 2.32. The zero-order chi connectivity index (χ0) is 14.9. The van der Waals surface area contributed by atoms with E-state index in [2.05, 4.69) is 0 Å². The van der Waals surface area contributed by atoms with Gasteiger partial charge in [-0.1, -0.05) is 0 Å². The summed E-state index contributed by atoms with van der Waals surface area (Å²) in [6.07, 6.45) is 0. The van der Waals surface area contributed by atoms with Crippen LogP contribution in [0.2, 0.25) is 0 Å². The van der Waals surface area contributed by atoms with Crippen LogP contribution in [0.4, 0.5) is 14.5 Å². The highest BCUT2D eigenvalue weighted by Gasteiger charge is 2.17. The molecule has 2 aromatic rings. The summed E-state index contributed by atoms with van der Waals surface area (Å²) >= 11 is 0. The number of benzene rings is 2. The van der Waals surface area contributed by atoms with E-state index in [-0.39, 0.29) is 11.1 Å². The standard InChI is InChI=1S/C15H15F2NO2/c1-8-5-10(13(18)6-14(8)20-2)9-3-4-12(16)11(7-19)15(9)17/h3-6,19H,7,18H2,1-2H3. The minimum atomic E-state index is -0.802. The monoisotopic (exact) mass is 279 g/mol. The van der Waals surface area contributed by atoms with Crippen LogP contribution < -0.4 is 10.5 Å². The predicted molar refractivity (Wildman–Crippen MR) is 73.4 cm³/mol. The number of hydrogen-bond acceptors (Lipinski definition) is 3. The molecule has 0 radical (unpaired) electrons. The summed E-state index contributed by atoms with van der Waals surface area (Å²) in [7, 11) is 1.52. The summed E-state index contributed by atoms with van der Waals surface area (Å²) in [5.41, 5.74) is 7.22. The smallest absolute Gasteiger partial charge is 0.139 e. The van der Waals surface area contributed by atoms with Crippen molar-refractivity contribution < 1.29 is 18.6 Å². The van der Waals surface area contributed by atoms with Crippen LogP contribution in [0, 0.1) is 18.6 Å². The Labute approximate surface area is 115 Å². The highest BCUT2D eigenvalue weighted by Crippen LogP contribution is 2.35. The van der Waals surface area contributed by atoms with E-state index < -0.39 is 18.2 Å². The number of aryl methyl sites for hydroxylation is 1. The van der Waals surface area contributed by atoms with Crippen LogP contribution in [-0.2, 0) is 6.61 Å². The maximum Gasteiger partial charge on any atom is 0.139 e. The van der Waals surface area contributed by atoms with E-state index in [1.807, 2.05) is 0 Å². The molecule has 0 aliphatic heterocycles. The maximum atomic E-state index is 14.2. The van der Waals surface area contributed by atoms with Gasteiger partial charge in [0.05, 0.1) is 13.7 Å². The molecule has 0 heterocycles. The number of hydrogen-bond donors (Lipinski definition) is 2. The van der Waals surface area contributed by atoms with Gasteiger partial charge >= 0.3 is 0 Å². The molecule has 0 aliphatic rings. The van der Waals surface area contributed by atoms with E-state index in [4.69, 9.17) is 15.6 Å². The number of anilines is 1. The first-order valence-electron chi connectivity index (χ1n) is 6.01. The van der Waals surface area contributed by atoms with Crippen LogP contribution in [0.3, 0.4) is 0 Å². The number of aliphatic hydroxyl groups excluding tert-OH is 1. The second-order valence-electron chi connectivity index (χ2n) is 4.45. The number of ether oxygens (including phenoxy) is 1. The SMILES string of the molecule is COc1cc(N)c(-c2ccc(F)c(CO)c2F)cc1C. The molecule has 0 atom stereocenters. The summed E-state index contributed by atoms with van der Waals surface area (Å²) in [6.45, 7) is 1.09. The van der Waals surface area contributed by atoms with E-state index in [1.54, 1.807) is 19.1 Å². The van der Waals surface area contributed by atoms with Crippen molar-refractivity contribution in [3.63, 3.8) is 0 Å². The molecule has 0 spiro atoms. The molecule has 0 unspecified atom stereocenters. The van der Waals surface area contributed by atoms with Crippen molar-refractivity contribution in [1.82, 2.24) is 0 Å². The third-order valence-electron chi connectivity index (χ3n) is 3.20. The quantitative estimate of drug-likeness (QED) is 0.849.